The standard InChI is InChI=1S/C14H20N4O3/c19-14(12-10-15-3-6-21-12)17-13-2-1-11(9-16-13)18-4-7-20-8-5-18/h1-2,9,12,15H,3-8,10H2,(H,16,17,19). The zero-order valence-electron chi connectivity index (χ0n) is 11.9. The van der Waals surface area contributed by atoms with Crippen LogP contribution in [-0.4, -0.2) is 63.0 Å². The van der Waals surface area contributed by atoms with Crippen molar-refractivity contribution in [1.29, 1.82) is 0 Å². The molecule has 3 rings (SSSR count). The number of nitrogens with one attached hydrogen (secondary N) is 2. The Hall–Kier alpha value is -1.70. The van der Waals surface area contributed by atoms with Crippen molar-refractivity contribution in [3.63, 3.8) is 0 Å². The Kier molecular flexibility index (Phi) is 4.64. The predicted octanol–water partition coefficient (Wildman–Crippen LogP) is -0.155. The van der Waals surface area contributed by atoms with E-state index in [1.165, 1.54) is 0 Å². The van der Waals surface area contributed by atoms with E-state index < -0.39 is 6.10 Å². The lowest BCUT2D eigenvalue weighted by Gasteiger charge is -2.28. The fourth-order valence-corrected chi connectivity index (χ4v) is 2.41. The first kappa shape index (κ1) is 14.2. The van der Waals surface area contributed by atoms with Gasteiger partial charge in [0.15, 0.2) is 0 Å². The average Bonchev–Trinajstić information content (AvgIpc) is 2.57. The van der Waals surface area contributed by atoms with E-state index >= 15 is 0 Å². The van der Waals surface area contributed by atoms with Crippen LogP contribution in [-0.2, 0) is 14.3 Å². The molecule has 1 atom stereocenters. The van der Waals surface area contributed by atoms with E-state index in [2.05, 4.69) is 20.5 Å². The van der Waals surface area contributed by atoms with Crippen LogP contribution in [0.1, 0.15) is 0 Å². The van der Waals surface area contributed by atoms with Gasteiger partial charge in [-0.3, -0.25) is 4.79 Å². The van der Waals surface area contributed by atoms with Crippen molar-refractivity contribution in [2.75, 3.05) is 56.2 Å². The summed E-state index contributed by atoms with van der Waals surface area (Å²) in [5.74, 6) is 0.389. The van der Waals surface area contributed by atoms with Crippen LogP contribution in [0.4, 0.5) is 11.5 Å². The van der Waals surface area contributed by atoms with Gasteiger partial charge in [-0.15, -0.1) is 0 Å². The minimum atomic E-state index is -0.445. The predicted molar refractivity (Wildman–Crippen MR) is 78.5 cm³/mol. The van der Waals surface area contributed by atoms with Crippen molar-refractivity contribution in [2.45, 2.75) is 6.10 Å². The van der Waals surface area contributed by atoms with Crippen molar-refractivity contribution in [3.05, 3.63) is 18.3 Å². The van der Waals surface area contributed by atoms with Crippen molar-refractivity contribution in [1.82, 2.24) is 10.3 Å². The molecule has 1 aromatic heterocycles. The van der Waals surface area contributed by atoms with Gasteiger partial charge >= 0.3 is 0 Å². The molecule has 2 saturated heterocycles. The number of carbonyl (C=O) groups excluding carboxylic acids is 1. The summed E-state index contributed by atoms with van der Waals surface area (Å²) in [5.41, 5.74) is 1.05. The third-order valence-corrected chi connectivity index (χ3v) is 3.60. The van der Waals surface area contributed by atoms with Gasteiger partial charge in [0.1, 0.15) is 11.9 Å². The molecule has 0 bridgehead atoms. The van der Waals surface area contributed by atoms with Gasteiger partial charge in [0, 0.05) is 26.2 Å². The summed E-state index contributed by atoms with van der Waals surface area (Å²) >= 11 is 0. The quantitative estimate of drug-likeness (QED) is 0.806. The van der Waals surface area contributed by atoms with E-state index in [0.717, 1.165) is 38.5 Å². The molecular formula is C14H20N4O3. The van der Waals surface area contributed by atoms with Crippen molar-refractivity contribution in [3.8, 4) is 0 Å². The molecule has 0 aromatic carbocycles. The Morgan fingerprint density at radius 2 is 2.19 bits per heavy atom. The summed E-state index contributed by atoms with van der Waals surface area (Å²) in [5, 5.41) is 5.91. The maximum atomic E-state index is 12.0. The van der Waals surface area contributed by atoms with Gasteiger partial charge in [0.05, 0.1) is 31.7 Å². The summed E-state index contributed by atoms with van der Waals surface area (Å²) in [6.45, 7) is 5.11. The molecule has 114 valence electrons. The molecule has 2 fully saturated rings. The van der Waals surface area contributed by atoms with Crippen LogP contribution in [0.3, 0.4) is 0 Å². The maximum absolute atomic E-state index is 12.0. The Bertz CT molecular complexity index is 468. The number of pyridine rings is 1. The summed E-state index contributed by atoms with van der Waals surface area (Å²) in [6.07, 6.45) is 1.33. The van der Waals surface area contributed by atoms with Gasteiger partial charge in [0.2, 0.25) is 0 Å². The second-order valence-electron chi connectivity index (χ2n) is 5.05. The van der Waals surface area contributed by atoms with E-state index in [4.69, 9.17) is 9.47 Å². The topological polar surface area (TPSA) is 75.7 Å². The first-order valence-corrected chi connectivity index (χ1v) is 7.25. The average molecular weight is 292 g/mol. The minimum Gasteiger partial charge on any atom is -0.378 e. The van der Waals surface area contributed by atoms with Crippen molar-refractivity contribution in [2.24, 2.45) is 0 Å². The summed E-state index contributed by atoms with van der Waals surface area (Å²) in [4.78, 5) is 18.5. The Morgan fingerprint density at radius 3 is 2.86 bits per heavy atom. The number of aromatic nitrogens is 1. The second-order valence-corrected chi connectivity index (χ2v) is 5.05. The highest BCUT2D eigenvalue weighted by Gasteiger charge is 2.22. The summed E-state index contributed by atoms with van der Waals surface area (Å²) in [6, 6.07) is 3.78. The molecule has 0 aliphatic carbocycles. The van der Waals surface area contributed by atoms with Crippen LogP contribution in [0.2, 0.25) is 0 Å². The number of hydrogen-bond acceptors (Lipinski definition) is 6. The van der Waals surface area contributed by atoms with E-state index in [9.17, 15) is 4.79 Å². The molecule has 7 heteroatoms. The zero-order chi connectivity index (χ0) is 14.5. The van der Waals surface area contributed by atoms with Crippen LogP contribution in [0.5, 0.6) is 0 Å². The molecule has 2 aliphatic heterocycles. The van der Waals surface area contributed by atoms with Crippen molar-refractivity contribution >= 4 is 17.4 Å². The molecule has 1 aromatic rings. The smallest absolute Gasteiger partial charge is 0.255 e. The minimum absolute atomic E-state index is 0.158. The van der Waals surface area contributed by atoms with Crippen LogP contribution < -0.4 is 15.5 Å². The van der Waals surface area contributed by atoms with E-state index in [1.54, 1.807) is 6.20 Å². The highest BCUT2D eigenvalue weighted by molar-refractivity contribution is 5.93. The number of nitrogens with zero attached hydrogens (tertiary/aromatic N) is 2. The molecule has 2 N–H and O–H groups in total. The molecule has 7 nitrogen and oxygen atoms in total. The largest absolute Gasteiger partial charge is 0.378 e. The maximum Gasteiger partial charge on any atom is 0.255 e. The van der Waals surface area contributed by atoms with Crippen LogP contribution >= 0.6 is 0 Å². The third-order valence-electron chi connectivity index (χ3n) is 3.60. The molecule has 0 saturated carbocycles. The monoisotopic (exact) mass is 292 g/mol. The van der Waals surface area contributed by atoms with Gasteiger partial charge < -0.3 is 25.0 Å². The number of morpholine rings is 2. The fourth-order valence-electron chi connectivity index (χ4n) is 2.41. The van der Waals surface area contributed by atoms with Gasteiger partial charge in [-0.1, -0.05) is 0 Å². The number of carbonyl (C=O) groups is 1. The Labute approximate surface area is 123 Å². The number of amides is 1. The molecule has 2 aliphatic rings. The van der Waals surface area contributed by atoms with E-state index in [-0.39, 0.29) is 5.91 Å². The third kappa shape index (κ3) is 3.69. The van der Waals surface area contributed by atoms with E-state index in [1.807, 2.05) is 12.1 Å². The van der Waals surface area contributed by atoms with Gasteiger partial charge in [0.25, 0.3) is 5.91 Å². The van der Waals surface area contributed by atoms with Gasteiger partial charge in [-0.2, -0.15) is 0 Å². The second kappa shape index (κ2) is 6.84. The molecule has 1 unspecified atom stereocenters. The van der Waals surface area contributed by atoms with Crippen molar-refractivity contribution < 1.29 is 14.3 Å². The SMILES string of the molecule is O=C(Nc1ccc(N2CCOCC2)cn1)C1CNCCO1. The summed E-state index contributed by atoms with van der Waals surface area (Å²) < 4.78 is 10.7. The molecule has 0 radical (unpaired) electrons. The number of rotatable bonds is 3. The Balaban J connectivity index is 1.57. The van der Waals surface area contributed by atoms with Crippen LogP contribution in [0, 0.1) is 0 Å². The number of anilines is 2. The molecular weight excluding hydrogens is 272 g/mol. The first-order valence-electron chi connectivity index (χ1n) is 7.25. The zero-order valence-corrected chi connectivity index (χ0v) is 11.9. The molecule has 3 heterocycles. The lowest BCUT2D eigenvalue weighted by molar-refractivity contribution is -0.128. The van der Waals surface area contributed by atoms with E-state index in [0.29, 0.717) is 19.0 Å². The van der Waals surface area contributed by atoms with Crippen LogP contribution in [0.25, 0.3) is 0 Å². The van der Waals surface area contributed by atoms with Crippen LogP contribution in [0.15, 0.2) is 18.3 Å². The normalized spacial score (nSPS) is 22.9. The molecule has 21 heavy (non-hydrogen) atoms. The number of ether oxygens (including phenoxy) is 2. The number of hydrogen-bond donors (Lipinski definition) is 2. The molecule has 0 spiro atoms. The Morgan fingerprint density at radius 1 is 1.33 bits per heavy atom. The lowest BCUT2D eigenvalue weighted by atomic mass is 10.3. The first-order chi connectivity index (χ1) is 10.3. The highest BCUT2D eigenvalue weighted by Crippen LogP contribution is 2.16. The summed E-state index contributed by atoms with van der Waals surface area (Å²) in [7, 11) is 0. The van der Waals surface area contributed by atoms with Gasteiger partial charge in [-0.25, -0.2) is 4.98 Å². The highest BCUT2D eigenvalue weighted by atomic mass is 16.5. The van der Waals surface area contributed by atoms with Gasteiger partial charge in [-0.05, 0) is 12.1 Å². The lowest BCUT2D eigenvalue weighted by Crippen LogP contribution is -2.45. The fraction of sp³-hybridized carbons (Fsp3) is 0.571. The molecule has 1 amide bonds.